The summed E-state index contributed by atoms with van der Waals surface area (Å²) in [4.78, 5) is 11.7. The van der Waals surface area contributed by atoms with Gasteiger partial charge in [-0.2, -0.15) is 0 Å². The van der Waals surface area contributed by atoms with E-state index in [1.165, 1.54) is 18.2 Å². The second kappa shape index (κ2) is 4.12. The largest absolute Gasteiger partial charge is 0.504 e. The number of aryl methyl sites for hydroxylation is 1. The van der Waals surface area contributed by atoms with Gasteiger partial charge in [-0.3, -0.25) is 10.1 Å². The van der Waals surface area contributed by atoms with Crippen molar-refractivity contribution in [1.29, 1.82) is 0 Å². The molecular formula is C10H9N3O4. The van der Waals surface area contributed by atoms with Gasteiger partial charge in [0.05, 0.1) is 5.56 Å². The van der Waals surface area contributed by atoms with E-state index in [1.807, 2.05) is 0 Å². The Morgan fingerprint density at radius 3 is 2.76 bits per heavy atom. The number of nitrogens with one attached hydrogen (secondary N) is 1. The fourth-order valence-electron chi connectivity index (χ4n) is 1.23. The van der Waals surface area contributed by atoms with Gasteiger partial charge in [-0.25, -0.2) is 0 Å². The zero-order chi connectivity index (χ0) is 12.4. The number of para-hydroxylation sites is 1. The minimum absolute atomic E-state index is 0.0738. The van der Waals surface area contributed by atoms with Gasteiger partial charge in [0.15, 0.2) is 11.5 Å². The summed E-state index contributed by atoms with van der Waals surface area (Å²) in [6.45, 7) is 1.58. The maximum absolute atomic E-state index is 11.7. The Morgan fingerprint density at radius 1 is 1.35 bits per heavy atom. The molecule has 0 spiro atoms. The third-order valence-corrected chi connectivity index (χ3v) is 2.01. The molecule has 0 aliphatic rings. The number of phenolic OH excluding ortho intramolecular Hbond substituents is 2. The van der Waals surface area contributed by atoms with E-state index in [0.717, 1.165) is 0 Å². The lowest BCUT2D eigenvalue weighted by Crippen LogP contribution is -2.12. The van der Waals surface area contributed by atoms with Crippen molar-refractivity contribution in [2.24, 2.45) is 0 Å². The Kier molecular flexibility index (Phi) is 2.65. The van der Waals surface area contributed by atoms with Gasteiger partial charge in [-0.15, -0.1) is 5.10 Å². The first-order chi connectivity index (χ1) is 8.08. The van der Waals surface area contributed by atoms with Crippen molar-refractivity contribution in [3.05, 3.63) is 29.7 Å². The van der Waals surface area contributed by atoms with Crippen LogP contribution in [0, 0.1) is 6.92 Å². The first kappa shape index (κ1) is 10.9. The number of amides is 1. The van der Waals surface area contributed by atoms with E-state index in [-0.39, 0.29) is 17.3 Å². The number of benzene rings is 1. The molecule has 3 N–H and O–H groups in total. The standard InChI is InChI=1S/C10H9N3O4/c1-5-12-13-10(17-5)11-9(16)6-3-2-4-7(14)8(6)15/h2-4,14-15H,1H3,(H,11,13,16). The van der Waals surface area contributed by atoms with Crippen molar-refractivity contribution in [3.63, 3.8) is 0 Å². The van der Waals surface area contributed by atoms with Crippen LogP contribution in [0.2, 0.25) is 0 Å². The molecule has 0 saturated carbocycles. The average Bonchev–Trinajstić information content (AvgIpc) is 2.68. The van der Waals surface area contributed by atoms with Gasteiger partial charge in [0, 0.05) is 6.92 Å². The lowest BCUT2D eigenvalue weighted by Gasteiger charge is -2.04. The van der Waals surface area contributed by atoms with Gasteiger partial charge in [-0.05, 0) is 12.1 Å². The Bertz CT molecular complexity index is 564. The Hall–Kier alpha value is -2.57. The van der Waals surface area contributed by atoms with Gasteiger partial charge >= 0.3 is 6.01 Å². The molecule has 0 saturated heterocycles. The summed E-state index contributed by atoms with van der Waals surface area (Å²) in [6, 6.07) is 3.98. The lowest BCUT2D eigenvalue weighted by molar-refractivity contribution is 0.102. The van der Waals surface area contributed by atoms with E-state index in [4.69, 9.17) is 4.42 Å². The van der Waals surface area contributed by atoms with Crippen molar-refractivity contribution >= 4 is 11.9 Å². The quantitative estimate of drug-likeness (QED) is 0.671. The van der Waals surface area contributed by atoms with Gasteiger partial charge in [0.2, 0.25) is 5.89 Å². The molecule has 0 radical (unpaired) electrons. The summed E-state index contributed by atoms with van der Waals surface area (Å²) in [7, 11) is 0. The molecule has 7 heteroatoms. The number of rotatable bonds is 2. The van der Waals surface area contributed by atoms with Gasteiger partial charge in [0.25, 0.3) is 5.91 Å². The normalized spacial score (nSPS) is 10.2. The first-order valence-electron chi connectivity index (χ1n) is 4.70. The molecule has 1 aromatic heterocycles. The Balaban J connectivity index is 2.23. The van der Waals surface area contributed by atoms with Crippen molar-refractivity contribution in [1.82, 2.24) is 10.2 Å². The molecule has 0 bridgehead atoms. The second-order valence-corrected chi connectivity index (χ2v) is 3.25. The third-order valence-electron chi connectivity index (χ3n) is 2.01. The number of carbonyl (C=O) groups excluding carboxylic acids is 1. The van der Waals surface area contributed by atoms with Crippen molar-refractivity contribution in [2.45, 2.75) is 6.92 Å². The predicted octanol–water partition coefficient (Wildman–Crippen LogP) is 1.04. The summed E-state index contributed by atoms with van der Waals surface area (Å²) in [5, 5.41) is 28.1. The van der Waals surface area contributed by atoms with Crippen LogP contribution < -0.4 is 5.32 Å². The molecule has 1 heterocycles. The summed E-state index contributed by atoms with van der Waals surface area (Å²) >= 11 is 0. The van der Waals surface area contributed by atoms with Crippen LogP contribution in [0.4, 0.5) is 6.01 Å². The van der Waals surface area contributed by atoms with Crippen LogP contribution in [0.3, 0.4) is 0 Å². The summed E-state index contributed by atoms with van der Waals surface area (Å²) in [6.07, 6.45) is 0. The molecule has 2 rings (SSSR count). The molecule has 0 aliphatic heterocycles. The molecule has 88 valence electrons. The van der Waals surface area contributed by atoms with Crippen LogP contribution in [-0.4, -0.2) is 26.3 Å². The molecule has 0 atom stereocenters. The Morgan fingerprint density at radius 2 is 2.12 bits per heavy atom. The van der Waals surface area contributed by atoms with Crippen LogP contribution in [-0.2, 0) is 0 Å². The monoisotopic (exact) mass is 235 g/mol. The molecule has 2 aromatic rings. The van der Waals surface area contributed by atoms with E-state index in [2.05, 4.69) is 15.5 Å². The molecule has 1 aromatic carbocycles. The topological polar surface area (TPSA) is 108 Å². The molecule has 1 amide bonds. The molecule has 17 heavy (non-hydrogen) atoms. The van der Waals surface area contributed by atoms with Crippen molar-refractivity contribution in [3.8, 4) is 11.5 Å². The number of hydrogen-bond donors (Lipinski definition) is 3. The summed E-state index contributed by atoms with van der Waals surface area (Å²) < 4.78 is 4.95. The average molecular weight is 235 g/mol. The fourth-order valence-corrected chi connectivity index (χ4v) is 1.23. The number of phenols is 2. The smallest absolute Gasteiger partial charge is 0.322 e. The van der Waals surface area contributed by atoms with Gasteiger partial charge in [-0.1, -0.05) is 11.2 Å². The van der Waals surface area contributed by atoms with E-state index in [9.17, 15) is 15.0 Å². The summed E-state index contributed by atoms with van der Waals surface area (Å²) in [5.41, 5.74) is -0.0825. The molecule has 0 fully saturated rings. The first-order valence-corrected chi connectivity index (χ1v) is 4.70. The number of carbonyl (C=O) groups is 1. The van der Waals surface area contributed by atoms with Crippen LogP contribution in [0.25, 0.3) is 0 Å². The molecule has 7 nitrogen and oxygen atoms in total. The highest BCUT2D eigenvalue weighted by atomic mass is 16.4. The highest BCUT2D eigenvalue weighted by Crippen LogP contribution is 2.28. The SMILES string of the molecule is Cc1nnc(NC(=O)c2cccc(O)c2O)o1. The number of aromatic nitrogens is 2. The maximum Gasteiger partial charge on any atom is 0.322 e. The van der Waals surface area contributed by atoms with Crippen LogP contribution in [0.5, 0.6) is 11.5 Å². The molecular weight excluding hydrogens is 226 g/mol. The number of hydrogen-bond acceptors (Lipinski definition) is 6. The fraction of sp³-hybridized carbons (Fsp3) is 0.100. The zero-order valence-corrected chi connectivity index (χ0v) is 8.84. The lowest BCUT2D eigenvalue weighted by atomic mass is 10.2. The van der Waals surface area contributed by atoms with Crippen LogP contribution in [0.1, 0.15) is 16.2 Å². The minimum atomic E-state index is -0.651. The zero-order valence-electron chi connectivity index (χ0n) is 8.84. The van der Waals surface area contributed by atoms with E-state index < -0.39 is 11.7 Å². The predicted molar refractivity (Wildman–Crippen MR) is 56.8 cm³/mol. The molecule has 0 aliphatic carbocycles. The maximum atomic E-state index is 11.7. The minimum Gasteiger partial charge on any atom is -0.504 e. The number of anilines is 1. The van der Waals surface area contributed by atoms with E-state index >= 15 is 0 Å². The van der Waals surface area contributed by atoms with Crippen LogP contribution >= 0.6 is 0 Å². The second-order valence-electron chi connectivity index (χ2n) is 3.25. The van der Waals surface area contributed by atoms with E-state index in [1.54, 1.807) is 6.92 Å². The third kappa shape index (κ3) is 2.17. The highest BCUT2D eigenvalue weighted by Gasteiger charge is 2.16. The molecule has 0 unspecified atom stereocenters. The van der Waals surface area contributed by atoms with Crippen molar-refractivity contribution < 1.29 is 19.4 Å². The highest BCUT2D eigenvalue weighted by molar-refractivity contribution is 6.05. The number of aromatic hydroxyl groups is 2. The van der Waals surface area contributed by atoms with Gasteiger partial charge < -0.3 is 14.6 Å². The van der Waals surface area contributed by atoms with Crippen molar-refractivity contribution in [2.75, 3.05) is 5.32 Å². The van der Waals surface area contributed by atoms with Gasteiger partial charge in [0.1, 0.15) is 0 Å². The number of nitrogens with zero attached hydrogens (tertiary/aromatic N) is 2. The van der Waals surface area contributed by atoms with E-state index in [0.29, 0.717) is 5.89 Å². The Labute approximate surface area is 95.7 Å². The van der Waals surface area contributed by atoms with Crippen LogP contribution in [0.15, 0.2) is 22.6 Å². The summed E-state index contributed by atoms with van der Waals surface area (Å²) in [5.74, 6) is -1.22.